The molecule has 0 fully saturated rings. The van der Waals surface area contributed by atoms with E-state index in [1.54, 1.807) is 24.3 Å². The zero-order chi connectivity index (χ0) is 15.4. The quantitative estimate of drug-likeness (QED) is 0.879. The van der Waals surface area contributed by atoms with E-state index in [0.717, 1.165) is 12.0 Å². The lowest BCUT2D eigenvalue weighted by atomic mass is 10.1. The number of carbonyl (C=O) groups excluding carboxylic acids is 1. The van der Waals surface area contributed by atoms with Crippen molar-refractivity contribution in [3.63, 3.8) is 0 Å². The summed E-state index contributed by atoms with van der Waals surface area (Å²) in [4.78, 5) is 23.2. The average molecular weight is 348 g/mol. The fraction of sp³-hybridized carbons (Fsp3) is 0.125. The molecule has 2 rings (SSSR count). The number of halogens is 1. The molecule has 1 amide bonds. The van der Waals surface area contributed by atoms with Gasteiger partial charge in [-0.2, -0.15) is 0 Å². The van der Waals surface area contributed by atoms with Crippen molar-refractivity contribution in [3.8, 4) is 0 Å². The minimum Gasteiger partial charge on any atom is -0.478 e. The van der Waals surface area contributed by atoms with Crippen LogP contribution in [0.5, 0.6) is 0 Å². The largest absolute Gasteiger partial charge is 0.478 e. The fourth-order valence-corrected chi connectivity index (χ4v) is 2.28. The number of amides is 1. The van der Waals surface area contributed by atoms with E-state index in [2.05, 4.69) is 21.2 Å². The van der Waals surface area contributed by atoms with Gasteiger partial charge < -0.3 is 10.4 Å². The Labute approximate surface area is 130 Å². The van der Waals surface area contributed by atoms with Gasteiger partial charge in [0.2, 0.25) is 0 Å². The Morgan fingerprint density at radius 2 is 1.81 bits per heavy atom. The van der Waals surface area contributed by atoms with Crippen molar-refractivity contribution in [1.29, 1.82) is 0 Å². The van der Waals surface area contributed by atoms with Crippen molar-refractivity contribution < 1.29 is 14.7 Å². The maximum absolute atomic E-state index is 12.1. The molecule has 4 nitrogen and oxygen atoms in total. The highest BCUT2D eigenvalue weighted by atomic mass is 79.9. The van der Waals surface area contributed by atoms with Gasteiger partial charge in [-0.1, -0.05) is 19.1 Å². The molecule has 108 valence electrons. The third kappa shape index (κ3) is 3.70. The highest BCUT2D eigenvalue weighted by Crippen LogP contribution is 2.21. The van der Waals surface area contributed by atoms with Crippen LogP contribution in [-0.4, -0.2) is 17.0 Å². The molecule has 0 spiro atoms. The lowest BCUT2D eigenvalue weighted by molar-refractivity contribution is 0.0695. The van der Waals surface area contributed by atoms with E-state index in [-0.39, 0.29) is 11.5 Å². The first kappa shape index (κ1) is 15.3. The minimum atomic E-state index is -1.05. The van der Waals surface area contributed by atoms with Crippen LogP contribution in [0.2, 0.25) is 0 Å². The smallest absolute Gasteiger partial charge is 0.336 e. The molecule has 0 unspecified atom stereocenters. The van der Waals surface area contributed by atoms with Crippen molar-refractivity contribution in [2.45, 2.75) is 13.3 Å². The van der Waals surface area contributed by atoms with E-state index in [1.165, 1.54) is 6.07 Å². The van der Waals surface area contributed by atoms with Crippen molar-refractivity contribution >= 4 is 33.5 Å². The van der Waals surface area contributed by atoms with Crippen LogP contribution in [0.3, 0.4) is 0 Å². The number of benzene rings is 2. The summed E-state index contributed by atoms with van der Waals surface area (Å²) in [6.07, 6.45) is 0.913. The molecule has 0 aliphatic carbocycles. The lowest BCUT2D eigenvalue weighted by Gasteiger charge is -2.08. The summed E-state index contributed by atoms with van der Waals surface area (Å²) in [5, 5.41) is 11.8. The van der Waals surface area contributed by atoms with Crippen molar-refractivity contribution in [2.75, 3.05) is 5.32 Å². The monoisotopic (exact) mass is 347 g/mol. The molecular formula is C16H14BrNO3. The van der Waals surface area contributed by atoms with Gasteiger partial charge in [-0.15, -0.1) is 0 Å². The van der Waals surface area contributed by atoms with Gasteiger partial charge in [0.05, 0.1) is 5.56 Å². The minimum absolute atomic E-state index is 0.106. The second-order valence-electron chi connectivity index (χ2n) is 4.50. The van der Waals surface area contributed by atoms with Crippen LogP contribution >= 0.6 is 15.9 Å². The van der Waals surface area contributed by atoms with Crippen LogP contribution in [0.4, 0.5) is 5.69 Å². The lowest BCUT2D eigenvalue weighted by Crippen LogP contribution is -2.12. The fourth-order valence-electron chi connectivity index (χ4n) is 1.86. The number of aryl methyl sites for hydroxylation is 1. The molecule has 2 aromatic carbocycles. The van der Waals surface area contributed by atoms with Crippen molar-refractivity contribution in [3.05, 3.63) is 63.6 Å². The van der Waals surface area contributed by atoms with Gasteiger partial charge in [-0.25, -0.2) is 4.79 Å². The first-order valence-electron chi connectivity index (χ1n) is 6.44. The Kier molecular flexibility index (Phi) is 4.75. The summed E-state index contributed by atoms with van der Waals surface area (Å²) in [5.74, 6) is -1.32. The third-order valence-corrected chi connectivity index (χ3v) is 3.77. The van der Waals surface area contributed by atoms with Gasteiger partial charge in [0, 0.05) is 15.7 Å². The maximum Gasteiger partial charge on any atom is 0.336 e. The Hall–Kier alpha value is -2.14. The number of hydrogen-bond donors (Lipinski definition) is 2. The van der Waals surface area contributed by atoms with E-state index >= 15 is 0 Å². The van der Waals surface area contributed by atoms with Gasteiger partial charge in [0.1, 0.15) is 0 Å². The number of hydrogen-bond acceptors (Lipinski definition) is 2. The van der Waals surface area contributed by atoms with E-state index < -0.39 is 5.97 Å². The molecular weight excluding hydrogens is 334 g/mol. The summed E-state index contributed by atoms with van der Waals surface area (Å²) in [6.45, 7) is 2.05. The van der Waals surface area contributed by atoms with Crippen molar-refractivity contribution in [2.24, 2.45) is 0 Å². The van der Waals surface area contributed by atoms with Gasteiger partial charge in [0.15, 0.2) is 0 Å². The molecule has 0 atom stereocenters. The third-order valence-electron chi connectivity index (χ3n) is 3.08. The molecule has 5 heteroatoms. The van der Waals surface area contributed by atoms with Crippen LogP contribution in [0.25, 0.3) is 0 Å². The summed E-state index contributed by atoms with van der Waals surface area (Å²) >= 11 is 3.16. The summed E-state index contributed by atoms with van der Waals surface area (Å²) in [5.41, 5.74) is 2.24. The average Bonchev–Trinajstić information content (AvgIpc) is 2.49. The first-order valence-corrected chi connectivity index (χ1v) is 7.23. The van der Waals surface area contributed by atoms with E-state index in [1.807, 2.05) is 19.1 Å². The number of aromatic carboxylic acids is 1. The van der Waals surface area contributed by atoms with Gasteiger partial charge >= 0.3 is 5.97 Å². The number of nitrogens with one attached hydrogen (secondary N) is 1. The van der Waals surface area contributed by atoms with Crippen LogP contribution in [0.15, 0.2) is 46.9 Å². The number of carboxylic acids is 1. The maximum atomic E-state index is 12.1. The number of rotatable bonds is 4. The summed E-state index contributed by atoms with van der Waals surface area (Å²) in [7, 11) is 0. The molecule has 0 aliphatic rings. The highest BCUT2D eigenvalue weighted by molar-refractivity contribution is 9.10. The van der Waals surface area contributed by atoms with Crippen LogP contribution < -0.4 is 5.32 Å². The summed E-state index contributed by atoms with van der Waals surface area (Å²) in [6, 6.07) is 12.0. The van der Waals surface area contributed by atoms with Crippen LogP contribution in [0, 0.1) is 0 Å². The molecule has 0 radical (unpaired) electrons. The van der Waals surface area contributed by atoms with Gasteiger partial charge in [-0.3, -0.25) is 4.79 Å². The second kappa shape index (κ2) is 6.54. The molecule has 0 bridgehead atoms. The Morgan fingerprint density at radius 3 is 2.38 bits per heavy atom. The normalized spacial score (nSPS) is 10.2. The molecule has 0 saturated carbocycles. The number of carboxylic acid groups (broad SMARTS) is 1. The first-order chi connectivity index (χ1) is 10.0. The van der Waals surface area contributed by atoms with Gasteiger partial charge in [-0.05, 0) is 58.2 Å². The molecule has 2 N–H and O–H groups in total. The summed E-state index contributed by atoms with van der Waals surface area (Å²) < 4.78 is 0.472. The predicted molar refractivity (Wildman–Crippen MR) is 84.9 cm³/mol. The molecule has 2 aromatic rings. The van der Waals surface area contributed by atoms with E-state index in [4.69, 9.17) is 5.11 Å². The Morgan fingerprint density at radius 1 is 1.14 bits per heavy atom. The Bertz CT molecular complexity index is 680. The zero-order valence-corrected chi connectivity index (χ0v) is 13.0. The van der Waals surface area contributed by atoms with Crippen LogP contribution in [-0.2, 0) is 6.42 Å². The highest BCUT2D eigenvalue weighted by Gasteiger charge is 2.11. The van der Waals surface area contributed by atoms with Crippen LogP contribution in [0.1, 0.15) is 33.2 Å². The molecule has 0 heterocycles. The van der Waals surface area contributed by atoms with E-state index in [0.29, 0.717) is 15.7 Å². The molecule has 21 heavy (non-hydrogen) atoms. The standard InChI is InChI=1S/C16H14BrNO3/c1-2-10-3-5-11(6-4-10)15(19)18-12-7-8-14(17)13(9-12)16(20)21/h3-9H,2H2,1H3,(H,18,19)(H,20,21). The number of carbonyl (C=O) groups is 2. The van der Waals surface area contributed by atoms with Gasteiger partial charge in [0.25, 0.3) is 5.91 Å². The Balaban J connectivity index is 2.19. The topological polar surface area (TPSA) is 66.4 Å². The SMILES string of the molecule is CCc1ccc(C(=O)Nc2ccc(Br)c(C(=O)O)c2)cc1. The van der Waals surface area contributed by atoms with Crippen molar-refractivity contribution in [1.82, 2.24) is 0 Å². The van der Waals surface area contributed by atoms with E-state index in [9.17, 15) is 9.59 Å². The molecule has 0 aromatic heterocycles. The molecule has 0 saturated heterocycles. The molecule has 0 aliphatic heterocycles. The zero-order valence-electron chi connectivity index (χ0n) is 11.4. The second-order valence-corrected chi connectivity index (χ2v) is 5.36. The predicted octanol–water partition coefficient (Wildman–Crippen LogP) is 3.96. The number of anilines is 1.